The van der Waals surface area contributed by atoms with Gasteiger partial charge >= 0.3 is 0 Å². The largest absolute Gasteiger partial charge is 0.383 e. The topological polar surface area (TPSA) is 38.9 Å². The van der Waals surface area contributed by atoms with Crippen molar-refractivity contribution in [2.45, 2.75) is 20.3 Å². The molecule has 66 valence electrons. The zero-order chi connectivity index (χ0) is 9.14. The third-order valence-corrected chi connectivity index (χ3v) is 1.80. The van der Waals surface area contributed by atoms with E-state index in [2.05, 4.69) is 18.8 Å². The number of anilines is 1. The molecule has 0 spiro atoms. The molecule has 0 aliphatic rings. The van der Waals surface area contributed by atoms with Crippen LogP contribution in [0.25, 0.3) is 0 Å². The molecular weight excluding hydrogens is 172 g/mol. The van der Waals surface area contributed by atoms with Crippen molar-refractivity contribution in [3.8, 4) is 0 Å². The van der Waals surface area contributed by atoms with E-state index in [1.807, 2.05) is 6.07 Å². The van der Waals surface area contributed by atoms with Crippen molar-refractivity contribution in [1.82, 2.24) is 4.98 Å². The van der Waals surface area contributed by atoms with Gasteiger partial charge in [-0.05, 0) is 24.0 Å². The molecule has 0 aliphatic carbocycles. The standard InChI is InChI=1S/C9H13ClN2/c1-6(2)3-7-4-8(10)5-12-9(7)11/h4-6H,3H2,1-2H3,(H2,11,12). The lowest BCUT2D eigenvalue weighted by Crippen LogP contribution is -2.01. The van der Waals surface area contributed by atoms with E-state index in [-0.39, 0.29) is 0 Å². The average molecular weight is 185 g/mol. The Kier molecular flexibility index (Phi) is 2.93. The van der Waals surface area contributed by atoms with Crippen molar-refractivity contribution in [2.75, 3.05) is 5.73 Å². The van der Waals surface area contributed by atoms with Crippen LogP contribution in [0.3, 0.4) is 0 Å². The van der Waals surface area contributed by atoms with Crippen molar-refractivity contribution >= 4 is 17.4 Å². The minimum Gasteiger partial charge on any atom is -0.383 e. The molecule has 0 radical (unpaired) electrons. The van der Waals surface area contributed by atoms with Crippen LogP contribution in [0.15, 0.2) is 12.3 Å². The molecule has 1 aromatic rings. The van der Waals surface area contributed by atoms with Crippen LogP contribution in [0, 0.1) is 5.92 Å². The maximum atomic E-state index is 5.78. The van der Waals surface area contributed by atoms with Crippen LogP contribution in [0.2, 0.25) is 5.02 Å². The van der Waals surface area contributed by atoms with Gasteiger partial charge < -0.3 is 5.73 Å². The zero-order valence-electron chi connectivity index (χ0n) is 7.34. The minimum atomic E-state index is 0.576. The molecule has 0 bridgehead atoms. The molecular formula is C9H13ClN2. The van der Waals surface area contributed by atoms with Crippen molar-refractivity contribution < 1.29 is 0 Å². The molecule has 0 atom stereocenters. The molecule has 0 amide bonds. The highest BCUT2D eigenvalue weighted by atomic mass is 35.5. The molecule has 1 rings (SSSR count). The maximum Gasteiger partial charge on any atom is 0.126 e. The summed E-state index contributed by atoms with van der Waals surface area (Å²) in [6, 6.07) is 1.88. The lowest BCUT2D eigenvalue weighted by molar-refractivity contribution is 0.647. The summed E-state index contributed by atoms with van der Waals surface area (Å²) < 4.78 is 0. The third kappa shape index (κ3) is 2.38. The van der Waals surface area contributed by atoms with E-state index in [0.29, 0.717) is 16.8 Å². The van der Waals surface area contributed by atoms with E-state index in [0.717, 1.165) is 12.0 Å². The second kappa shape index (κ2) is 3.76. The molecule has 0 fully saturated rings. The Hall–Kier alpha value is -0.760. The highest BCUT2D eigenvalue weighted by Gasteiger charge is 2.03. The number of halogens is 1. The predicted octanol–water partition coefficient (Wildman–Crippen LogP) is 2.52. The normalized spacial score (nSPS) is 10.7. The van der Waals surface area contributed by atoms with E-state index >= 15 is 0 Å². The summed E-state index contributed by atoms with van der Waals surface area (Å²) in [5.41, 5.74) is 6.71. The average Bonchev–Trinajstić information content (AvgIpc) is 1.96. The Bertz CT molecular complexity index is 271. The summed E-state index contributed by atoms with van der Waals surface area (Å²) in [5.74, 6) is 1.17. The molecule has 2 nitrogen and oxygen atoms in total. The summed E-state index contributed by atoms with van der Waals surface area (Å²) in [7, 11) is 0. The van der Waals surface area contributed by atoms with Crippen LogP contribution in [-0.4, -0.2) is 4.98 Å². The van der Waals surface area contributed by atoms with Crippen LogP contribution in [0.4, 0.5) is 5.82 Å². The van der Waals surface area contributed by atoms with Crippen LogP contribution in [-0.2, 0) is 6.42 Å². The summed E-state index contributed by atoms with van der Waals surface area (Å²) in [5, 5.41) is 0.653. The van der Waals surface area contributed by atoms with Crippen molar-refractivity contribution in [1.29, 1.82) is 0 Å². The van der Waals surface area contributed by atoms with Gasteiger partial charge in [0.2, 0.25) is 0 Å². The molecule has 0 aromatic carbocycles. The highest BCUT2D eigenvalue weighted by molar-refractivity contribution is 6.30. The van der Waals surface area contributed by atoms with Crippen molar-refractivity contribution in [3.63, 3.8) is 0 Å². The summed E-state index contributed by atoms with van der Waals surface area (Å²) in [6.45, 7) is 4.28. The van der Waals surface area contributed by atoms with Gasteiger partial charge in [-0.3, -0.25) is 0 Å². The number of nitrogen functional groups attached to an aromatic ring is 1. The van der Waals surface area contributed by atoms with E-state index in [4.69, 9.17) is 17.3 Å². The lowest BCUT2D eigenvalue weighted by Gasteiger charge is -2.07. The fourth-order valence-corrected chi connectivity index (χ4v) is 1.28. The maximum absolute atomic E-state index is 5.78. The Morgan fingerprint density at radius 2 is 2.25 bits per heavy atom. The summed E-state index contributed by atoms with van der Waals surface area (Å²) in [6.07, 6.45) is 2.50. The van der Waals surface area contributed by atoms with Gasteiger partial charge in [0.25, 0.3) is 0 Å². The van der Waals surface area contributed by atoms with Crippen LogP contribution >= 0.6 is 11.6 Å². The van der Waals surface area contributed by atoms with E-state index in [1.165, 1.54) is 0 Å². The number of aromatic nitrogens is 1. The molecule has 3 heteroatoms. The van der Waals surface area contributed by atoms with Crippen LogP contribution in [0.5, 0.6) is 0 Å². The van der Waals surface area contributed by atoms with E-state index in [9.17, 15) is 0 Å². The van der Waals surface area contributed by atoms with Crippen molar-refractivity contribution in [2.24, 2.45) is 5.92 Å². The monoisotopic (exact) mass is 184 g/mol. The van der Waals surface area contributed by atoms with E-state index < -0.39 is 0 Å². The molecule has 1 heterocycles. The number of nitrogens with two attached hydrogens (primary N) is 1. The van der Waals surface area contributed by atoms with Crippen molar-refractivity contribution in [3.05, 3.63) is 22.8 Å². The first-order chi connectivity index (χ1) is 5.59. The first-order valence-electron chi connectivity index (χ1n) is 3.99. The van der Waals surface area contributed by atoms with E-state index in [1.54, 1.807) is 6.20 Å². The Morgan fingerprint density at radius 1 is 1.58 bits per heavy atom. The molecule has 0 saturated carbocycles. The lowest BCUT2D eigenvalue weighted by atomic mass is 10.0. The predicted molar refractivity (Wildman–Crippen MR) is 52.2 cm³/mol. The fourth-order valence-electron chi connectivity index (χ4n) is 1.10. The first kappa shape index (κ1) is 9.33. The van der Waals surface area contributed by atoms with Gasteiger partial charge in [0.05, 0.1) is 5.02 Å². The zero-order valence-corrected chi connectivity index (χ0v) is 8.10. The second-order valence-electron chi connectivity index (χ2n) is 3.30. The van der Waals surface area contributed by atoms with Gasteiger partial charge in [0, 0.05) is 6.20 Å². The van der Waals surface area contributed by atoms with Crippen LogP contribution in [0.1, 0.15) is 19.4 Å². The number of pyridine rings is 1. The number of hydrogen-bond acceptors (Lipinski definition) is 2. The Balaban J connectivity index is 2.90. The van der Waals surface area contributed by atoms with Gasteiger partial charge in [-0.15, -0.1) is 0 Å². The first-order valence-corrected chi connectivity index (χ1v) is 4.37. The Morgan fingerprint density at radius 3 is 2.83 bits per heavy atom. The number of rotatable bonds is 2. The third-order valence-electron chi connectivity index (χ3n) is 1.60. The number of nitrogens with zero attached hydrogens (tertiary/aromatic N) is 1. The molecule has 12 heavy (non-hydrogen) atoms. The quantitative estimate of drug-likeness (QED) is 0.767. The molecule has 2 N–H and O–H groups in total. The van der Waals surface area contributed by atoms with Gasteiger partial charge in [-0.25, -0.2) is 4.98 Å². The molecule has 1 aromatic heterocycles. The van der Waals surface area contributed by atoms with Gasteiger partial charge in [-0.2, -0.15) is 0 Å². The van der Waals surface area contributed by atoms with Gasteiger partial charge in [0.15, 0.2) is 0 Å². The van der Waals surface area contributed by atoms with Gasteiger partial charge in [-0.1, -0.05) is 25.4 Å². The van der Waals surface area contributed by atoms with Gasteiger partial charge in [0.1, 0.15) is 5.82 Å². The fraction of sp³-hybridized carbons (Fsp3) is 0.444. The van der Waals surface area contributed by atoms with Crippen LogP contribution < -0.4 is 5.73 Å². The summed E-state index contributed by atoms with van der Waals surface area (Å²) >= 11 is 5.78. The minimum absolute atomic E-state index is 0.576. The summed E-state index contributed by atoms with van der Waals surface area (Å²) in [4.78, 5) is 3.98. The Labute approximate surface area is 77.8 Å². The highest BCUT2D eigenvalue weighted by Crippen LogP contribution is 2.17. The molecule has 0 unspecified atom stereocenters. The smallest absolute Gasteiger partial charge is 0.126 e. The molecule has 0 aliphatic heterocycles. The number of hydrogen-bond donors (Lipinski definition) is 1. The molecule has 0 saturated heterocycles. The second-order valence-corrected chi connectivity index (χ2v) is 3.73. The SMILES string of the molecule is CC(C)Cc1cc(Cl)cnc1N.